The fraction of sp³-hybridized carbons (Fsp3) is 0.412. The fourth-order valence-electron chi connectivity index (χ4n) is 3.14. The summed E-state index contributed by atoms with van der Waals surface area (Å²) in [5.41, 5.74) is 0.0815. The standard InChI is InChI=1S/C17H18N4O5/c1-17(25-2)3-5-21(6-4-17)14-10-7-13(26-16(23)24)19-9-12(10)20-15(22)11(14)8-18/h7,9H,3-6H2,1-2H3,(H,20,22)(H,23,24). The first-order chi connectivity index (χ1) is 12.4. The zero-order valence-corrected chi connectivity index (χ0v) is 14.4. The van der Waals surface area contributed by atoms with E-state index in [1.807, 2.05) is 17.9 Å². The Balaban J connectivity index is 2.13. The predicted molar refractivity (Wildman–Crippen MR) is 92.6 cm³/mol. The van der Waals surface area contributed by atoms with E-state index >= 15 is 0 Å². The summed E-state index contributed by atoms with van der Waals surface area (Å²) in [4.78, 5) is 31.5. The number of anilines is 1. The Morgan fingerprint density at radius 1 is 1.46 bits per heavy atom. The molecular weight excluding hydrogens is 340 g/mol. The Bertz CT molecular complexity index is 954. The van der Waals surface area contributed by atoms with E-state index in [4.69, 9.17) is 9.84 Å². The highest BCUT2D eigenvalue weighted by Crippen LogP contribution is 2.34. The molecular formula is C17H18N4O5. The Kier molecular flexibility index (Phi) is 4.52. The van der Waals surface area contributed by atoms with Crippen molar-refractivity contribution in [2.24, 2.45) is 0 Å². The number of nitriles is 1. The lowest BCUT2D eigenvalue weighted by Gasteiger charge is -2.40. The number of nitrogens with one attached hydrogen (secondary N) is 1. The predicted octanol–water partition coefficient (Wildman–Crippen LogP) is 1.86. The number of ether oxygens (including phenoxy) is 2. The molecule has 0 saturated carbocycles. The van der Waals surface area contributed by atoms with E-state index in [-0.39, 0.29) is 17.0 Å². The van der Waals surface area contributed by atoms with Gasteiger partial charge in [-0.2, -0.15) is 5.26 Å². The molecule has 9 heteroatoms. The number of methoxy groups -OCH3 is 1. The van der Waals surface area contributed by atoms with E-state index in [1.54, 1.807) is 7.11 Å². The monoisotopic (exact) mass is 358 g/mol. The maximum absolute atomic E-state index is 12.3. The molecule has 9 nitrogen and oxygen atoms in total. The molecule has 0 bridgehead atoms. The zero-order valence-electron chi connectivity index (χ0n) is 14.4. The quantitative estimate of drug-likeness (QED) is 0.796. The van der Waals surface area contributed by atoms with Gasteiger partial charge in [-0.05, 0) is 19.8 Å². The van der Waals surface area contributed by atoms with Gasteiger partial charge in [-0.15, -0.1) is 0 Å². The molecule has 1 aliphatic heterocycles. The van der Waals surface area contributed by atoms with Gasteiger partial charge in [-0.25, -0.2) is 9.78 Å². The van der Waals surface area contributed by atoms with E-state index < -0.39 is 11.7 Å². The lowest BCUT2D eigenvalue weighted by Crippen LogP contribution is -2.44. The van der Waals surface area contributed by atoms with Gasteiger partial charge in [-0.3, -0.25) is 4.79 Å². The number of carboxylic acid groups (broad SMARTS) is 1. The third kappa shape index (κ3) is 3.19. The molecule has 1 saturated heterocycles. The third-order valence-electron chi connectivity index (χ3n) is 4.78. The normalized spacial score (nSPS) is 16.3. The van der Waals surface area contributed by atoms with Crippen molar-refractivity contribution < 1.29 is 19.4 Å². The Hall–Kier alpha value is -3.12. The SMILES string of the molecule is COC1(C)CCN(c2c(C#N)c(=O)[nH]c3cnc(OC(=O)O)cc23)CC1. The van der Waals surface area contributed by atoms with Crippen LogP contribution in [0, 0.1) is 11.3 Å². The average Bonchev–Trinajstić information content (AvgIpc) is 2.61. The number of piperidine rings is 1. The molecule has 1 fully saturated rings. The van der Waals surface area contributed by atoms with Crippen LogP contribution in [0.1, 0.15) is 25.3 Å². The topological polar surface area (TPSA) is 129 Å². The molecule has 0 amide bonds. The summed E-state index contributed by atoms with van der Waals surface area (Å²) >= 11 is 0. The van der Waals surface area contributed by atoms with E-state index in [1.165, 1.54) is 12.3 Å². The highest BCUT2D eigenvalue weighted by atomic mass is 16.7. The van der Waals surface area contributed by atoms with Gasteiger partial charge in [-0.1, -0.05) is 0 Å². The summed E-state index contributed by atoms with van der Waals surface area (Å²) in [7, 11) is 1.67. The van der Waals surface area contributed by atoms with Crippen LogP contribution in [0.25, 0.3) is 10.9 Å². The summed E-state index contributed by atoms with van der Waals surface area (Å²) < 4.78 is 10.1. The molecule has 0 unspecified atom stereocenters. The smallest absolute Gasteiger partial charge is 0.449 e. The second kappa shape index (κ2) is 6.65. The van der Waals surface area contributed by atoms with Crippen molar-refractivity contribution in [3.63, 3.8) is 0 Å². The van der Waals surface area contributed by atoms with Crippen molar-refractivity contribution in [3.8, 4) is 11.9 Å². The maximum atomic E-state index is 12.3. The number of hydrogen-bond donors (Lipinski definition) is 2. The van der Waals surface area contributed by atoms with Crippen molar-refractivity contribution in [2.75, 3.05) is 25.1 Å². The van der Waals surface area contributed by atoms with Crippen molar-refractivity contribution in [2.45, 2.75) is 25.4 Å². The molecule has 0 aliphatic carbocycles. The van der Waals surface area contributed by atoms with E-state index in [9.17, 15) is 14.9 Å². The molecule has 0 atom stereocenters. The van der Waals surface area contributed by atoms with Crippen molar-refractivity contribution in [1.29, 1.82) is 5.26 Å². The molecule has 0 aromatic carbocycles. The van der Waals surface area contributed by atoms with Crippen molar-refractivity contribution in [1.82, 2.24) is 9.97 Å². The number of carbonyl (C=O) groups is 1. The first kappa shape index (κ1) is 17.7. The minimum absolute atomic E-state index is 0.0222. The number of hydrogen-bond acceptors (Lipinski definition) is 7. The largest absolute Gasteiger partial charge is 0.512 e. The summed E-state index contributed by atoms with van der Waals surface area (Å²) in [5, 5.41) is 18.8. The first-order valence-corrected chi connectivity index (χ1v) is 8.04. The minimum Gasteiger partial charge on any atom is -0.449 e. The van der Waals surface area contributed by atoms with Gasteiger partial charge in [0.1, 0.15) is 11.6 Å². The maximum Gasteiger partial charge on any atom is 0.512 e. The molecule has 3 rings (SSSR count). The van der Waals surface area contributed by atoms with Crippen LogP contribution in [-0.2, 0) is 4.74 Å². The van der Waals surface area contributed by atoms with Gasteiger partial charge in [0.2, 0.25) is 5.88 Å². The van der Waals surface area contributed by atoms with Crippen LogP contribution in [-0.4, -0.2) is 47.0 Å². The molecule has 1 aliphatic rings. The van der Waals surface area contributed by atoms with E-state index in [0.29, 0.717) is 29.7 Å². The van der Waals surface area contributed by atoms with Gasteiger partial charge in [0, 0.05) is 31.7 Å². The molecule has 0 spiro atoms. The van der Waals surface area contributed by atoms with Crippen LogP contribution in [0.15, 0.2) is 17.1 Å². The fourth-order valence-corrected chi connectivity index (χ4v) is 3.14. The highest BCUT2D eigenvalue weighted by Gasteiger charge is 2.32. The van der Waals surface area contributed by atoms with Gasteiger partial charge in [0.25, 0.3) is 5.56 Å². The molecule has 26 heavy (non-hydrogen) atoms. The van der Waals surface area contributed by atoms with Gasteiger partial charge in [0.15, 0.2) is 0 Å². The lowest BCUT2D eigenvalue weighted by atomic mass is 9.92. The Morgan fingerprint density at radius 3 is 2.73 bits per heavy atom. The van der Waals surface area contributed by atoms with Gasteiger partial charge >= 0.3 is 6.16 Å². The first-order valence-electron chi connectivity index (χ1n) is 8.04. The van der Waals surface area contributed by atoms with Crippen LogP contribution < -0.4 is 15.2 Å². The third-order valence-corrected chi connectivity index (χ3v) is 4.78. The van der Waals surface area contributed by atoms with E-state index in [2.05, 4.69) is 14.7 Å². The van der Waals surface area contributed by atoms with Crippen LogP contribution in [0.2, 0.25) is 0 Å². The number of nitrogens with zero attached hydrogens (tertiary/aromatic N) is 3. The number of aromatic amines is 1. The Labute approximate surface area is 148 Å². The van der Waals surface area contributed by atoms with Gasteiger partial charge < -0.3 is 24.5 Å². The van der Waals surface area contributed by atoms with Gasteiger partial charge in [0.05, 0.1) is 23.0 Å². The van der Waals surface area contributed by atoms with Crippen LogP contribution >= 0.6 is 0 Å². The van der Waals surface area contributed by atoms with Crippen LogP contribution in [0.3, 0.4) is 0 Å². The zero-order chi connectivity index (χ0) is 18.9. The number of H-pyrrole nitrogens is 1. The van der Waals surface area contributed by atoms with Crippen LogP contribution in [0.4, 0.5) is 10.5 Å². The summed E-state index contributed by atoms with van der Waals surface area (Å²) in [6, 6.07) is 3.37. The number of pyridine rings is 2. The van der Waals surface area contributed by atoms with Crippen LogP contribution in [0.5, 0.6) is 5.88 Å². The second-order valence-corrected chi connectivity index (χ2v) is 6.37. The molecule has 3 heterocycles. The summed E-state index contributed by atoms with van der Waals surface area (Å²) in [6.45, 7) is 3.21. The molecule has 2 aromatic heterocycles. The average molecular weight is 358 g/mol. The molecule has 0 radical (unpaired) electrons. The molecule has 2 N–H and O–H groups in total. The summed E-state index contributed by atoms with van der Waals surface area (Å²) in [6.07, 6.45) is 1.29. The second-order valence-electron chi connectivity index (χ2n) is 6.37. The molecule has 2 aromatic rings. The van der Waals surface area contributed by atoms with Crippen molar-refractivity contribution >= 4 is 22.7 Å². The molecule has 136 valence electrons. The minimum atomic E-state index is -1.49. The van der Waals surface area contributed by atoms with Crippen molar-refractivity contribution in [3.05, 3.63) is 28.2 Å². The highest BCUT2D eigenvalue weighted by molar-refractivity contribution is 5.94. The Morgan fingerprint density at radius 2 is 2.15 bits per heavy atom. The number of fused-ring (bicyclic) bond motifs is 1. The van der Waals surface area contributed by atoms with E-state index in [0.717, 1.165) is 12.8 Å². The summed E-state index contributed by atoms with van der Waals surface area (Å²) in [5.74, 6) is -0.124. The lowest BCUT2D eigenvalue weighted by molar-refractivity contribution is -0.0132. The number of aromatic nitrogens is 2. The number of rotatable bonds is 3.